The van der Waals surface area contributed by atoms with E-state index in [1.54, 1.807) is 11.0 Å². The van der Waals surface area contributed by atoms with Gasteiger partial charge in [-0.15, -0.1) is 12.4 Å². The number of sulfone groups is 1. The minimum absolute atomic E-state index is 0. The highest BCUT2D eigenvalue weighted by Gasteiger charge is 2.26. The van der Waals surface area contributed by atoms with E-state index in [1.807, 2.05) is 6.92 Å². The molecule has 0 bridgehead atoms. The SMILES string of the molecule is CC(N)C1CCN(C(=O)CCS(=O)(=O)c2ccc3c(c2)OCCCO3)CC1.Cl. The van der Waals surface area contributed by atoms with Gasteiger partial charge in [-0.2, -0.15) is 0 Å². The fourth-order valence-electron chi connectivity index (χ4n) is 3.51. The van der Waals surface area contributed by atoms with E-state index in [4.69, 9.17) is 15.2 Å². The molecule has 1 saturated heterocycles. The first-order chi connectivity index (χ1) is 12.9. The van der Waals surface area contributed by atoms with E-state index in [0.29, 0.717) is 43.7 Å². The molecule has 1 unspecified atom stereocenters. The highest BCUT2D eigenvalue weighted by molar-refractivity contribution is 7.91. The van der Waals surface area contributed by atoms with Gasteiger partial charge in [-0.25, -0.2) is 8.42 Å². The highest BCUT2D eigenvalue weighted by atomic mass is 35.5. The molecule has 7 nitrogen and oxygen atoms in total. The minimum Gasteiger partial charge on any atom is -0.490 e. The van der Waals surface area contributed by atoms with Crippen LogP contribution >= 0.6 is 12.4 Å². The third kappa shape index (κ3) is 5.52. The molecule has 1 atom stereocenters. The standard InChI is InChI=1S/C19H28N2O5S.ClH/c1-14(20)15-5-8-21(9-6-15)19(22)7-12-27(23,24)16-3-4-17-18(13-16)26-11-2-10-25-17;/h3-4,13-15H,2,5-12,20H2,1H3;1H. The van der Waals surface area contributed by atoms with Crippen LogP contribution in [0, 0.1) is 5.92 Å². The van der Waals surface area contributed by atoms with Crippen LogP contribution in [0.3, 0.4) is 0 Å². The van der Waals surface area contributed by atoms with E-state index in [2.05, 4.69) is 0 Å². The van der Waals surface area contributed by atoms with Crippen molar-refractivity contribution >= 4 is 28.2 Å². The van der Waals surface area contributed by atoms with Gasteiger partial charge >= 0.3 is 0 Å². The Hall–Kier alpha value is -1.51. The smallest absolute Gasteiger partial charge is 0.223 e. The van der Waals surface area contributed by atoms with Gasteiger partial charge in [-0.3, -0.25) is 4.79 Å². The van der Waals surface area contributed by atoms with Gasteiger partial charge < -0.3 is 20.1 Å². The Labute approximate surface area is 172 Å². The van der Waals surface area contributed by atoms with Crippen LogP contribution in [0.5, 0.6) is 11.5 Å². The second-order valence-corrected chi connectivity index (χ2v) is 9.41. The summed E-state index contributed by atoms with van der Waals surface area (Å²) in [5, 5.41) is 0. The van der Waals surface area contributed by atoms with Gasteiger partial charge in [-0.1, -0.05) is 0 Å². The van der Waals surface area contributed by atoms with Crippen molar-refractivity contribution in [2.45, 2.75) is 43.5 Å². The molecular weight excluding hydrogens is 404 g/mol. The third-order valence-electron chi connectivity index (χ3n) is 5.30. The molecular formula is C19H29ClN2O5S. The Bertz CT molecular complexity index is 777. The van der Waals surface area contributed by atoms with Crippen LogP contribution in [-0.4, -0.2) is 57.3 Å². The molecule has 1 aromatic carbocycles. The van der Waals surface area contributed by atoms with Crippen LogP contribution < -0.4 is 15.2 Å². The number of carbonyl (C=O) groups excluding carboxylic acids is 1. The van der Waals surface area contributed by atoms with Crippen molar-refractivity contribution in [1.29, 1.82) is 0 Å². The summed E-state index contributed by atoms with van der Waals surface area (Å²) in [6.45, 7) is 4.33. The summed E-state index contributed by atoms with van der Waals surface area (Å²) in [7, 11) is -3.57. The van der Waals surface area contributed by atoms with Crippen LogP contribution in [-0.2, 0) is 14.6 Å². The summed E-state index contributed by atoms with van der Waals surface area (Å²) in [6, 6.07) is 4.76. The number of nitrogens with two attached hydrogens (primary N) is 1. The predicted molar refractivity (Wildman–Crippen MR) is 109 cm³/mol. The van der Waals surface area contributed by atoms with E-state index < -0.39 is 9.84 Å². The predicted octanol–water partition coefficient (Wildman–Crippen LogP) is 2.02. The first-order valence-electron chi connectivity index (χ1n) is 9.52. The number of rotatable bonds is 5. The van der Waals surface area contributed by atoms with Crippen molar-refractivity contribution < 1.29 is 22.7 Å². The monoisotopic (exact) mass is 432 g/mol. The third-order valence-corrected chi connectivity index (χ3v) is 7.01. The molecule has 0 aliphatic carbocycles. The fraction of sp³-hybridized carbons (Fsp3) is 0.632. The summed E-state index contributed by atoms with van der Waals surface area (Å²) in [6.07, 6.45) is 2.49. The number of fused-ring (bicyclic) bond motifs is 1. The fourth-order valence-corrected chi connectivity index (χ4v) is 4.75. The van der Waals surface area contributed by atoms with Crippen molar-refractivity contribution in [3.05, 3.63) is 18.2 Å². The van der Waals surface area contributed by atoms with Gasteiger partial charge in [0.15, 0.2) is 21.3 Å². The van der Waals surface area contributed by atoms with E-state index in [0.717, 1.165) is 19.3 Å². The number of halogens is 1. The first-order valence-corrected chi connectivity index (χ1v) is 11.2. The molecule has 2 aliphatic rings. The van der Waals surface area contributed by atoms with E-state index in [1.165, 1.54) is 12.1 Å². The van der Waals surface area contributed by atoms with Crippen LogP contribution in [0.25, 0.3) is 0 Å². The van der Waals surface area contributed by atoms with Crippen molar-refractivity contribution in [2.75, 3.05) is 32.1 Å². The number of piperidine rings is 1. The molecule has 1 fully saturated rings. The van der Waals surface area contributed by atoms with Gasteiger partial charge in [0.1, 0.15) is 0 Å². The molecule has 1 aromatic rings. The van der Waals surface area contributed by atoms with Crippen molar-refractivity contribution in [3.8, 4) is 11.5 Å². The van der Waals surface area contributed by atoms with Crippen molar-refractivity contribution in [1.82, 2.24) is 4.90 Å². The number of likely N-dealkylation sites (tertiary alicyclic amines) is 1. The molecule has 2 aliphatic heterocycles. The Morgan fingerprint density at radius 1 is 1.21 bits per heavy atom. The molecule has 0 saturated carbocycles. The molecule has 0 aromatic heterocycles. The van der Waals surface area contributed by atoms with E-state index >= 15 is 0 Å². The lowest BCUT2D eigenvalue weighted by atomic mass is 9.91. The molecule has 1 amide bonds. The second kappa shape index (κ2) is 9.80. The summed E-state index contributed by atoms with van der Waals surface area (Å²) < 4.78 is 36.4. The van der Waals surface area contributed by atoms with Crippen LogP contribution in [0.2, 0.25) is 0 Å². The molecule has 158 valence electrons. The van der Waals surface area contributed by atoms with Gasteiger partial charge in [-0.05, 0) is 37.8 Å². The molecule has 28 heavy (non-hydrogen) atoms. The van der Waals surface area contributed by atoms with Gasteiger partial charge in [0.2, 0.25) is 5.91 Å². The van der Waals surface area contributed by atoms with Gasteiger partial charge in [0.25, 0.3) is 0 Å². The molecule has 3 rings (SSSR count). The van der Waals surface area contributed by atoms with Crippen LogP contribution in [0.1, 0.15) is 32.6 Å². The maximum absolute atomic E-state index is 12.6. The van der Waals surface area contributed by atoms with E-state index in [-0.39, 0.29) is 41.4 Å². The zero-order valence-electron chi connectivity index (χ0n) is 16.1. The minimum atomic E-state index is -3.57. The lowest BCUT2D eigenvalue weighted by Crippen LogP contribution is -2.42. The second-order valence-electron chi connectivity index (χ2n) is 7.31. The lowest BCUT2D eigenvalue weighted by Gasteiger charge is -2.33. The number of hydrogen-bond donors (Lipinski definition) is 1. The summed E-state index contributed by atoms with van der Waals surface area (Å²) in [5.74, 6) is 1.10. The van der Waals surface area contributed by atoms with Crippen LogP contribution in [0.15, 0.2) is 23.1 Å². The van der Waals surface area contributed by atoms with Crippen molar-refractivity contribution in [2.24, 2.45) is 11.7 Å². The molecule has 2 N–H and O–H groups in total. The number of hydrogen-bond acceptors (Lipinski definition) is 6. The Kier molecular flexibility index (Phi) is 7.97. The quantitative estimate of drug-likeness (QED) is 0.764. The highest BCUT2D eigenvalue weighted by Crippen LogP contribution is 2.32. The van der Waals surface area contributed by atoms with E-state index in [9.17, 15) is 13.2 Å². The number of ether oxygens (including phenoxy) is 2. The zero-order chi connectivity index (χ0) is 19.4. The van der Waals surface area contributed by atoms with Gasteiger partial charge in [0, 0.05) is 38.0 Å². The number of nitrogens with zero attached hydrogens (tertiary/aromatic N) is 1. The number of benzene rings is 1. The average Bonchev–Trinajstić information content (AvgIpc) is 2.91. The zero-order valence-corrected chi connectivity index (χ0v) is 17.8. The number of amides is 1. The average molecular weight is 433 g/mol. The topological polar surface area (TPSA) is 98.9 Å². The lowest BCUT2D eigenvalue weighted by molar-refractivity contribution is -0.132. The number of carbonyl (C=O) groups is 1. The molecule has 2 heterocycles. The Morgan fingerprint density at radius 3 is 2.50 bits per heavy atom. The Balaban J connectivity index is 0.00000280. The Morgan fingerprint density at radius 2 is 1.86 bits per heavy atom. The largest absolute Gasteiger partial charge is 0.490 e. The summed E-state index contributed by atoms with van der Waals surface area (Å²) in [4.78, 5) is 14.3. The normalized spacial score (nSPS) is 18.7. The maximum atomic E-state index is 12.6. The summed E-state index contributed by atoms with van der Waals surface area (Å²) >= 11 is 0. The molecule has 9 heteroatoms. The summed E-state index contributed by atoms with van der Waals surface area (Å²) in [5.41, 5.74) is 5.93. The first kappa shape index (κ1) is 22.8. The molecule has 0 radical (unpaired) electrons. The van der Waals surface area contributed by atoms with Crippen molar-refractivity contribution in [3.63, 3.8) is 0 Å². The molecule has 0 spiro atoms. The van der Waals surface area contributed by atoms with Gasteiger partial charge in [0.05, 0.1) is 23.9 Å². The maximum Gasteiger partial charge on any atom is 0.223 e. The van der Waals surface area contributed by atoms with Crippen LogP contribution in [0.4, 0.5) is 0 Å².